The summed E-state index contributed by atoms with van der Waals surface area (Å²) in [5, 5.41) is 22.8. The van der Waals surface area contributed by atoms with Crippen LogP contribution in [0.3, 0.4) is 0 Å². The molecular formula is C13H17N3O5. The highest BCUT2D eigenvalue weighted by Crippen LogP contribution is 2.48. The smallest absolute Gasteiger partial charge is 0.337 e. The molecule has 0 aliphatic heterocycles. The molecule has 0 saturated heterocycles. The molecule has 2 N–H and O–H groups in total. The molecule has 1 saturated carbocycles. The van der Waals surface area contributed by atoms with Crippen LogP contribution in [-0.4, -0.2) is 41.2 Å². The zero-order chi connectivity index (χ0) is 15.5. The lowest BCUT2D eigenvalue weighted by molar-refractivity contribution is -0.384. The van der Waals surface area contributed by atoms with Crippen LogP contribution in [0.5, 0.6) is 0 Å². The van der Waals surface area contributed by atoms with E-state index in [1.54, 1.807) is 7.11 Å². The molecule has 0 radical (unpaired) electrons. The van der Waals surface area contributed by atoms with E-state index >= 15 is 0 Å². The zero-order valence-electron chi connectivity index (χ0n) is 11.7. The van der Waals surface area contributed by atoms with E-state index in [4.69, 9.17) is 9.84 Å². The first-order valence-electron chi connectivity index (χ1n) is 6.58. The summed E-state index contributed by atoms with van der Waals surface area (Å²) in [6.45, 7) is 1.21. The molecule has 1 aromatic rings. The Balaban J connectivity index is 2.09. The van der Waals surface area contributed by atoms with Crippen LogP contribution >= 0.6 is 0 Å². The molecule has 0 aromatic carbocycles. The standard InChI is InChI=1S/C13H17N3O5/c1-21-5-4-13(2-3-13)8-15-11-10(16(19)20)6-9(7-14-11)12(17)18/h6-7H,2-5,8H2,1H3,(H,14,15)(H,17,18). The number of aromatic nitrogens is 1. The van der Waals surface area contributed by atoms with Crippen molar-refractivity contribution in [3.8, 4) is 0 Å². The highest BCUT2D eigenvalue weighted by Gasteiger charge is 2.42. The molecule has 1 aromatic heterocycles. The van der Waals surface area contributed by atoms with Crippen LogP contribution in [0.1, 0.15) is 29.6 Å². The maximum absolute atomic E-state index is 11.0. The second-order valence-electron chi connectivity index (χ2n) is 5.25. The fourth-order valence-electron chi connectivity index (χ4n) is 2.13. The number of nitro groups is 1. The molecule has 21 heavy (non-hydrogen) atoms. The van der Waals surface area contributed by atoms with Crippen LogP contribution in [-0.2, 0) is 4.74 Å². The van der Waals surface area contributed by atoms with Crippen molar-refractivity contribution in [1.29, 1.82) is 0 Å². The lowest BCUT2D eigenvalue weighted by atomic mass is 10.0. The van der Waals surface area contributed by atoms with Gasteiger partial charge >= 0.3 is 11.7 Å². The van der Waals surface area contributed by atoms with Crippen LogP contribution < -0.4 is 5.32 Å². The summed E-state index contributed by atoms with van der Waals surface area (Å²) in [5.74, 6) is -1.13. The summed E-state index contributed by atoms with van der Waals surface area (Å²) in [6, 6.07) is 1.02. The number of nitrogens with one attached hydrogen (secondary N) is 1. The SMILES string of the molecule is COCCC1(CNc2ncc(C(=O)O)cc2[N+](=O)[O-])CC1. The monoisotopic (exact) mass is 295 g/mol. The van der Waals surface area contributed by atoms with Crippen molar-refractivity contribution in [1.82, 2.24) is 4.98 Å². The van der Waals surface area contributed by atoms with Gasteiger partial charge in [0.15, 0.2) is 0 Å². The van der Waals surface area contributed by atoms with Gasteiger partial charge < -0.3 is 15.2 Å². The molecule has 8 nitrogen and oxygen atoms in total. The summed E-state index contributed by atoms with van der Waals surface area (Å²) < 4.78 is 5.06. The molecule has 114 valence electrons. The van der Waals surface area contributed by atoms with Gasteiger partial charge in [-0.05, 0) is 24.7 Å². The van der Waals surface area contributed by atoms with Gasteiger partial charge in [-0.3, -0.25) is 10.1 Å². The highest BCUT2D eigenvalue weighted by atomic mass is 16.6. The Morgan fingerprint density at radius 2 is 2.33 bits per heavy atom. The number of carbonyl (C=O) groups is 1. The van der Waals surface area contributed by atoms with Crippen molar-refractivity contribution in [2.75, 3.05) is 25.6 Å². The number of pyridine rings is 1. The minimum atomic E-state index is -1.24. The van der Waals surface area contributed by atoms with E-state index < -0.39 is 10.9 Å². The first-order valence-corrected chi connectivity index (χ1v) is 6.58. The molecular weight excluding hydrogens is 278 g/mol. The van der Waals surface area contributed by atoms with Crippen molar-refractivity contribution in [2.45, 2.75) is 19.3 Å². The van der Waals surface area contributed by atoms with Gasteiger partial charge in [0.1, 0.15) is 0 Å². The average Bonchev–Trinajstić information content (AvgIpc) is 3.23. The minimum Gasteiger partial charge on any atom is -0.478 e. The minimum absolute atomic E-state index is 0.105. The first kappa shape index (κ1) is 15.2. The molecule has 1 fully saturated rings. The average molecular weight is 295 g/mol. The van der Waals surface area contributed by atoms with Crippen molar-refractivity contribution >= 4 is 17.5 Å². The third-order valence-corrected chi connectivity index (χ3v) is 3.74. The van der Waals surface area contributed by atoms with Crippen molar-refractivity contribution in [2.24, 2.45) is 5.41 Å². The van der Waals surface area contributed by atoms with Gasteiger partial charge in [-0.2, -0.15) is 0 Å². The van der Waals surface area contributed by atoms with E-state index in [1.807, 2.05) is 0 Å². The number of hydrogen-bond donors (Lipinski definition) is 2. The molecule has 1 aliphatic carbocycles. The second kappa shape index (κ2) is 6.04. The predicted octanol–water partition coefficient (Wildman–Crippen LogP) is 1.92. The lowest BCUT2D eigenvalue weighted by Gasteiger charge is -2.15. The van der Waals surface area contributed by atoms with Crippen molar-refractivity contribution in [3.63, 3.8) is 0 Å². The summed E-state index contributed by atoms with van der Waals surface area (Å²) in [4.78, 5) is 25.1. The van der Waals surface area contributed by atoms with Crippen LogP contribution in [0, 0.1) is 15.5 Å². The Morgan fingerprint density at radius 1 is 1.62 bits per heavy atom. The second-order valence-corrected chi connectivity index (χ2v) is 5.25. The normalized spacial score (nSPS) is 15.5. The molecule has 0 bridgehead atoms. The number of anilines is 1. The van der Waals surface area contributed by atoms with Crippen molar-refractivity contribution < 1.29 is 19.6 Å². The molecule has 1 aliphatic rings. The molecule has 1 heterocycles. The van der Waals surface area contributed by atoms with E-state index in [2.05, 4.69) is 10.3 Å². The summed E-state index contributed by atoms with van der Waals surface area (Å²) in [5.41, 5.74) is -0.415. The number of nitrogens with zero attached hydrogens (tertiary/aromatic N) is 2. The Hall–Kier alpha value is -2.22. The molecule has 8 heteroatoms. The number of hydrogen-bond acceptors (Lipinski definition) is 6. The third-order valence-electron chi connectivity index (χ3n) is 3.74. The largest absolute Gasteiger partial charge is 0.478 e. The number of aromatic carboxylic acids is 1. The quantitative estimate of drug-likeness (QED) is 0.556. The summed E-state index contributed by atoms with van der Waals surface area (Å²) in [7, 11) is 1.64. The number of rotatable bonds is 8. The van der Waals surface area contributed by atoms with Gasteiger partial charge in [0.05, 0.1) is 10.5 Å². The maximum Gasteiger partial charge on any atom is 0.337 e. The van der Waals surface area contributed by atoms with Crippen LogP contribution in [0.4, 0.5) is 11.5 Å². The van der Waals surface area contributed by atoms with Gasteiger partial charge in [0.25, 0.3) is 0 Å². The number of carboxylic acid groups (broad SMARTS) is 1. The fourth-order valence-corrected chi connectivity index (χ4v) is 2.13. The Kier molecular flexibility index (Phi) is 4.37. The van der Waals surface area contributed by atoms with Gasteiger partial charge in [0, 0.05) is 32.5 Å². The molecule has 2 rings (SSSR count). The lowest BCUT2D eigenvalue weighted by Crippen LogP contribution is -2.18. The molecule has 0 atom stereocenters. The van der Waals surface area contributed by atoms with Gasteiger partial charge in [-0.15, -0.1) is 0 Å². The fraction of sp³-hybridized carbons (Fsp3) is 0.538. The van der Waals surface area contributed by atoms with E-state index in [1.165, 1.54) is 0 Å². The number of ether oxygens (including phenoxy) is 1. The summed E-state index contributed by atoms with van der Waals surface area (Å²) >= 11 is 0. The topological polar surface area (TPSA) is 115 Å². The van der Waals surface area contributed by atoms with E-state index in [-0.39, 0.29) is 22.5 Å². The van der Waals surface area contributed by atoms with E-state index in [0.717, 1.165) is 31.5 Å². The van der Waals surface area contributed by atoms with Crippen molar-refractivity contribution in [3.05, 3.63) is 27.9 Å². The van der Waals surface area contributed by atoms with E-state index in [0.29, 0.717) is 13.2 Å². The molecule has 0 spiro atoms. The maximum atomic E-state index is 11.0. The molecule has 0 amide bonds. The van der Waals surface area contributed by atoms with Crippen LogP contribution in [0.2, 0.25) is 0 Å². The number of carboxylic acids is 1. The number of methoxy groups -OCH3 is 1. The predicted molar refractivity (Wildman–Crippen MR) is 74.5 cm³/mol. The van der Waals surface area contributed by atoms with Crippen LogP contribution in [0.25, 0.3) is 0 Å². The third kappa shape index (κ3) is 3.66. The van der Waals surface area contributed by atoms with E-state index in [9.17, 15) is 14.9 Å². The van der Waals surface area contributed by atoms with Gasteiger partial charge in [-0.25, -0.2) is 9.78 Å². The highest BCUT2D eigenvalue weighted by molar-refractivity contribution is 5.88. The Labute approximate surface area is 121 Å². The van der Waals surface area contributed by atoms with Gasteiger partial charge in [-0.1, -0.05) is 0 Å². The van der Waals surface area contributed by atoms with Gasteiger partial charge in [0.2, 0.25) is 5.82 Å². The summed E-state index contributed by atoms with van der Waals surface area (Å²) in [6.07, 6.45) is 4.10. The zero-order valence-corrected chi connectivity index (χ0v) is 11.7. The Bertz CT molecular complexity index is 557. The molecule has 0 unspecified atom stereocenters. The Morgan fingerprint density at radius 3 is 2.86 bits per heavy atom. The first-order chi connectivity index (χ1) is 9.97. The van der Waals surface area contributed by atoms with Crippen LogP contribution in [0.15, 0.2) is 12.3 Å².